The smallest absolute Gasteiger partial charge is 0.229 e. The van der Waals surface area contributed by atoms with Crippen molar-refractivity contribution < 1.29 is 0 Å². The highest BCUT2D eigenvalue weighted by Crippen LogP contribution is 2.27. The van der Waals surface area contributed by atoms with Gasteiger partial charge in [0.1, 0.15) is 5.52 Å². The van der Waals surface area contributed by atoms with E-state index >= 15 is 0 Å². The van der Waals surface area contributed by atoms with E-state index in [1.165, 1.54) is 0 Å². The van der Waals surface area contributed by atoms with Gasteiger partial charge in [0.25, 0.3) is 0 Å². The van der Waals surface area contributed by atoms with Gasteiger partial charge in [-0.2, -0.15) is 10.2 Å². The molecule has 3 aromatic heterocycles. The molecule has 0 radical (unpaired) electrons. The van der Waals surface area contributed by atoms with Crippen molar-refractivity contribution >= 4 is 33.6 Å². The molecule has 0 amide bonds. The van der Waals surface area contributed by atoms with Crippen molar-refractivity contribution in [1.29, 1.82) is 0 Å². The van der Waals surface area contributed by atoms with Gasteiger partial charge in [-0.1, -0.05) is 12.1 Å². The Hall–Kier alpha value is -3.13. The second kappa shape index (κ2) is 7.36. The first-order chi connectivity index (χ1) is 14.2. The summed E-state index contributed by atoms with van der Waals surface area (Å²) in [5, 5.41) is 21.9. The molecule has 1 aliphatic heterocycles. The van der Waals surface area contributed by atoms with Gasteiger partial charge in [0.05, 0.1) is 17.4 Å². The SMILES string of the molecule is CC(C)n1ncc2ccc3cnc(Nc4ccc(C5CCNCC5)nn4)nc3c21. The molecule has 0 spiro atoms. The first-order valence-corrected chi connectivity index (χ1v) is 10.1. The van der Waals surface area contributed by atoms with Crippen LogP contribution in [0.15, 0.2) is 36.7 Å². The van der Waals surface area contributed by atoms with Crippen LogP contribution in [0.5, 0.6) is 0 Å². The molecule has 0 atom stereocenters. The minimum atomic E-state index is 0.248. The lowest BCUT2D eigenvalue weighted by atomic mass is 9.94. The molecule has 8 heteroatoms. The molecular formula is C21H24N8. The van der Waals surface area contributed by atoms with Crippen LogP contribution in [0.3, 0.4) is 0 Å². The number of fused-ring (bicyclic) bond motifs is 3. The third-order valence-corrected chi connectivity index (χ3v) is 5.48. The Labute approximate surface area is 168 Å². The first kappa shape index (κ1) is 17.9. The van der Waals surface area contributed by atoms with Crippen molar-refractivity contribution in [2.75, 3.05) is 18.4 Å². The maximum absolute atomic E-state index is 4.77. The van der Waals surface area contributed by atoms with Crippen molar-refractivity contribution in [2.24, 2.45) is 0 Å². The van der Waals surface area contributed by atoms with Crippen LogP contribution in [0.4, 0.5) is 11.8 Å². The van der Waals surface area contributed by atoms with E-state index < -0.39 is 0 Å². The number of hydrogen-bond acceptors (Lipinski definition) is 7. The summed E-state index contributed by atoms with van der Waals surface area (Å²) < 4.78 is 2.00. The Bertz CT molecular complexity index is 1140. The maximum Gasteiger partial charge on any atom is 0.229 e. The van der Waals surface area contributed by atoms with Gasteiger partial charge in [-0.3, -0.25) is 4.68 Å². The molecule has 2 N–H and O–H groups in total. The average molecular weight is 388 g/mol. The lowest BCUT2D eigenvalue weighted by Gasteiger charge is -2.21. The standard InChI is InChI=1S/C21H24N8/c1-13(2)29-20-16(12-24-29)4-3-15-11-23-21(26-19(15)20)25-18-6-5-17(27-28-18)14-7-9-22-10-8-14/h3-6,11-14,22H,7-10H2,1-2H3,(H,23,25,26,28). The highest BCUT2D eigenvalue weighted by molar-refractivity contribution is 6.03. The summed E-state index contributed by atoms with van der Waals surface area (Å²) in [6.45, 7) is 6.31. The van der Waals surface area contributed by atoms with Crippen LogP contribution in [-0.4, -0.2) is 43.0 Å². The predicted octanol–water partition coefficient (Wildman–Crippen LogP) is 3.56. The van der Waals surface area contributed by atoms with Gasteiger partial charge in [0.15, 0.2) is 5.82 Å². The van der Waals surface area contributed by atoms with Crippen LogP contribution < -0.4 is 10.6 Å². The zero-order chi connectivity index (χ0) is 19.8. The van der Waals surface area contributed by atoms with Gasteiger partial charge < -0.3 is 10.6 Å². The highest BCUT2D eigenvalue weighted by Gasteiger charge is 2.17. The number of nitrogens with one attached hydrogen (secondary N) is 2. The minimum absolute atomic E-state index is 0.248. The van der Waals surface area contributed by atoms with Crippen molar-refractivity contribution in [1.82, 2.24) is 35.3 Å². The summed E-state index contributed by atoms with van der Waals surface area (Å²) in [7, 11) is 0. The largest absolute Gasteiger partial charge is 0.317 e. The summed E-state index contributed by atoms with van der Waals surface area (Å²) in [6, 6.07) is 8.35. The summed E-state index contributed by atoms with van der Waals surface area (Å²) >= 11 is 0. The van der Waals surface area contributed by atoms with Crippen molar-refractivity contribution in [3.8, 4) is 0 Å². The van der Waals surface area contributed by atoms with Crippen molar-refractivity contribution in [3.05, 3.63) is 42.4 Å². The van der Waals surface area contributed by atoms with E-state index in [9.17, 15) is 0 Å². The topological polar surface area (TPSA) is 93.4 Å². The van der Waals surface area contributed by atoms with Crippen LogP contribution in [0.2, 0.25) is 0 Å². The Kier molecular flexibility index (Phi) is 4.55. The molecule has 1 aromatic carbocycles. The number of rotatable bonds is 4. The van der Waals surface area contributed by atoms with Crippen LogP contribution in [0.1, 0.15) is 44.3 Å². The van der Waals surface area contributed by atoms with Crippen LogP contribution in [-0.2, 0) is 0 Å². The number of hydrogen-bond donors (Lipinski definition) is 2. The molecule has 0 bridgehead atoms. The molecule has 0 saturated carbocycles. The van der Waals surface area contributed by atoms with E-state index in [0.717, 1.165) is 53.4 Å². The monoisotopic (exact) mass is 388 g/mol. The fourth-order valence-corrected chi connectivity index (χ4v) is 3.94. The fraction of sp³-hybridized carbons (Fsp3) is 0.381. The van der Waals surface area contributed by atoms with E-state index in [4.69, 9.17) is 4.98 Å². The average Bonchev–Trinajstić information content (AvgIpc) is 3.20. The molecule has 4 aromatic rings. The predicted molar refractivity (Wildman–Crippen MR) is 113 cm³/mol. The molecule has 1 aliphatic rings. The second-order valence-electron chi connectivity index (χ2n) is 7.81. The van der Waals surface area contributed by atoms with E-state index in [1.54, 1.807) is 0 Å². The van der Waals surface area contributed by atoms with Crippen molar-refractivity contribution in [3.63, 3.8) is 0 Å². The molecule has 0 aliphatic carbocycles. The first-order valence-electron chi connectivity index (χ1n) is 10.1. The Morgan fingerprint density at radius 1 is 1.03 bits per heavy atom. The third kappa shape index (κ3) is 3.40. The number of piperidine rings is 1. The van der Waals surface area contributed by atoms with Gasteiger partial charge in [-0.25, -0.2) is 9.97 Å². The van der Waals surface area contributed by atoms with Crippen LogP contribution in [0.25, 0.3) is 21.8 Å². The molecule has 1 fully saturated rings. The van der Waals surface area contributed by atoms with Crippen LogP contribution >= 0.6 is 0 Å². The zero-order valence-corrected chi connectivity index (χ0v) is 16.6. The zero-order valence-electron chi connectivity index (χ0n) is 16.6. The highest BCUT2D eigenvalue weighted by atomic mass is 15.3. The molecular weight excluding hydrogens is 364 g/mol. The van der Waals surface area contributed by atoms with Gasteiger partial charge in [0, 0.05) is 28.9 Å². The van der Waals surface area contributed by atoms with Crippen molar-refractivity contribution in [2.45, 2.75) is 38.6 Å². The lowest BCUT2D eigenvalue weighted by Crippen LogP contribution is -2.27. The number of benzene rings is 1. The third-order valence-electron chi connectivity index (χ3n) is 5.48. The summed E-state index contributed by atoms with van der Waals surface area (Å²) in [6.07, 6.45) is 5.93. The molecule has 29 heavy (non-hydrogen) atoms. The van der Waals surface area contributed by atoms with E-state index in [2.05, 4.69) is 56.9 Å². The number of aromatic nitrogens is 6. The van der Waals surface area contributed by atoms with Gasteiger partial charge in [-0.15, -0.1) is 5.10 Å². The molecule has 8 nitrogen and oxygen atoms in total. The number of nitrogens with zero attached hydrogens (tertiary/aromatic N) is 6. The van der Waals surface area contributed by atoms with Gasteiger partial charge >= 0.3 is 0 Å². The molecule has 1 saturated heterocycles. The molecule has 0 unspecified atom stereocenters. The lowest BCUT2D eigenvalue weighted by molar-refractivity contribution is 0.450. The Morgan fingerprint density at radius 3 is 2.62 bits per heavy atom. The summed E-state index contributed by atoms with van der Waals surface area (Å²) in [4.78, 5) is 9.22. The Balaban J connectivity index is 1.46. The van der Waals surface area contributed by atoms with E-state index in [-0.39, 0.29) is 6.04 Å². The molecule has 5 rings (SSSR count). The summed E-state index contributed by atoms with van der Waals surface area (Å²) in [5.41, 5.74) is 2.96. The maximum atomic E-state index is 4.77. The number of anilines is 2. The second-order valence-corrected chi connectivity index (χ2v) is 7.81. The van der Waals surface area contributed by atoms with Gasteiger partial charge in [-0.05, 0) is 51.9 Å². The van der Waals surface area contributed by atoms with Crippen LogP contribution in [0, 0.1) is 0 Å². The molecule has 4 heterocycles. The van der Waals surface area contributed by atoms with E-state index in [0.29, 0.717) is 17.7 Å². The summed E-state index contributed by atoms with van der Waals surface area (Å²) in [5.74, 6) is 1.64. The minimum Gasteiger partial charge on any atom is -0.317 e. The molecule has 148 valence electrons. The normalized spacial score (nSPS) is 15.4. The van der Waals surface area contributed by atoms with E-state index in [1.807, 2.05) is 29.2 Å². The quantitative estimate of drug-likeness (QED) is 0.552. The van der Waals surface area contributed by atoms with Gasteiger partial charge in [0.2, 0.25) is 5.95 Å². The Morgan fingerprint density at radius 2 is 1.86 bits per heavy atom. The fourth-order valence-electron chi connectivity index (χ4n) is 3.94.